The molecule has 0 nitrogen and oxygen atoms in total. The number of fused-ring (bicyclic) bond motifs is 9. The van der Waals surface area contributed by atoms with Crippen LogP contribution in [0, 0.1) is 35.5 Å². The summed E-state index contributed by atoms with van der Waals surface area (Å²) >= 11 is 0. The Hall–Kier alpha value is -8.06. The lowest BCUT2D eigenvalue weighted by Crippen LogP contribution is -2.30. The predicted molar refractivity (Wildman–Crippen MR) is 421 cm³/mol. The molecular formula is C96H108. The maximum absolute atomic E-state index is 2.69. The van der Waals surface area contributed by atoms with Gasteiger partial charge in [0.1, 0.15) is 0 Å². The molecule has 0 amide bonds. The van der Waals surface area contributed by atoms with Gasteiger partial charge in [-0.05, 0) is 233 Å². The molecule has 12 rings (SSSR count). The van der Waals surface area contributed by atoms with Crippen molar-refractivity contribution in [1.29, 1.82) is 0 Å². The number of hydrogen-bond donors (Lipinski definition) is 0. The molecule has 6 atom stereocenters. The predicted octanol–water partition coefficient (Wildman–Crippen LogP) is 28.0. The summed E-state index contributed by atoms with van der Waals surface area (Å²) in [5.41, 5.74) is 31.5. The van der Waals surface area contributed by atoms with Gasteiger partial charge in [-0.3, -0.25) is 0 Å². The van der Waals surface area contributed by atoms with Crippen LogP contribution in [0.4, 0.5) is 0 Å². The van der Waals surface area contributed by atoms with Gasteiger partial charge in [-0.1, -0.05) is 334 Å². The van der Waals surface area contributed by atoms with Crippen molar-refractivity contribution in [3.05, 3.63) is 266 Å². The Balaban J connectivity index is 0.866. The zero-order valence-corrected chi connectivity index (χ0v) is 60.5. The molecule has 96 heavy (non-hydrogen) atoms. The molecule has 0 saturated heterocycles. The second-order valence-corrected chi connectivity index (χ2v) is 30.4. The zero-order chi connectivity index (χ0) is 67.3. The van der Waals surface area contributed by atoms with Crippen LogP contribution in [0.3, 0.4) is 0 Å². The van der Waals surface area contributed by atoms with Crippen LogP contribution in [0.2, 0.25) is 0 Å². The average Bonchev–Trinajstić information content (AvgIpc) is 1.57. The van der Waals surface area contributed by atoms with Gasteiger partial charge in [-0.15, -0.1) is 0 Å². The summed E-state index contributed by atoms with van der Waals surface area (Å²) in [6.07, 6.45) is 31.6. The highest BCUT2D eigenvalue weighted by Gasteiger charge is 2.48. The monoisotopic (exact) mass is 1260 g/mol. The van der Waals surface area contributed by atoms with E-state index in [2.05, 4.69) is 327 Å². The van der Waals surface area contributed by atoms with Crippen LogP contribution in [-0.4, -0.2) is 0 Å². The van der Waals surface area contributed by atoms with Crippen LogP contribution in [0.5, 0.6) is 0 Å². The lowest BCUT2D eigenvalue weighted by Gasteiger charge is -2.38. The van der Waals surface area contributed by atoms with Gasteiger partial charge < -0.3 is 0 Å². The number of benzene rings is 9. The van der Waals surface area contributed by atoms with Crippen LogP contribution in [0.1, 0.15) is 239 Å². The quantitative estimate of drug-likeness (QED) is 0.0450. The fourth-order valence-corrected chi connectivity index (χ4v) is 17.2. The third-order valence-corrected chi connectivity index (χ3v) is 23.6. The lowest BCUT2D eigenvalue weighted by molar-refractivity contribution is 0.308. The molecule has 0 spiro atoms. The molecule has 0 aromatic heterocycles. The highest BCUT2D eigenvalue weighted by atomic mass is 14.5. The number of hydrogen-bond acceptors (Lipinski definition) is 0. The van der Waals surface area contributed by atoms with E-state index in [9.17, 15) is 0 Å². The molecule has 9 aromatic rings. The van der Waals surface area contributed by atoms with E-state index in [0.717, 1.165) is 38.5 Å². The highest BCUT2D eigenvalue weighted by Crippen LogP contribution is 2.61. The second-order valence-electron chi connectivity index (χ2n) is 30.4. The van der Waals surface area contributed by atoms with Gasteiger partial charge in [0, 0.05) is 16.2 Å². The summed E-state index contributed by atoms with van der Waals surface area (Å²) in [5, 5.41) is 0. The van der Waals surface area contributed by atoms with E-state index in [-0.39, 0.29) is 16.2 Å². The number of allylic oxidation sites excluding steroid dienone is 1. The van der Waals surface area contributed by atoms with Crippen molar-refractivity contribution in [3.63, 3.8) is 0 Å². The van der Waals surface area contributed by atoms with E-state index in [0.29, 0.717) is 35.5 Å². The van der Waals surface area contributed by atoms with Crippen LogP contribution in [0.25, 0.3) is 98.2 Å². The van der Waals surface area contributed by atoms with Crippen LogP contribution in [0.15, 0.2) is 194 Å². The van der Waals surface area contributed by atoms with Crippen molar-refractivity contribution in [2.45, 2.75) is 183 Å². The van der Waals surface area contributed by atoms with Crippen LogP contribution in [-0.2, 0) is 16.2 Å². The number of rotatable bonds is 27. The first-order valence-corrected chi connectivity index (χ1v) is 37.4. The summed E-state index contributed by atoms with van der Waals surface area (Å²) < 4.78 is 0. The molecule has 492 valence electrons. The van der Waals surface area contributed by atoms with Crippen LogP contribution < -0.4 is 0 Å². The van der Waals surface area contributed by atoms with E-state index < -0.39 is 0 Å². The molecule has 3 aliphatic rings. The Labute approximate surface area is 579 Å². The Morgan fingerprint density at radius 3 is 0.740 bits per heavy atom. The Morgan fingerprint density at radius 1 is 0.240 bits per heavy atom. The smallest absolute Gasteiger partial charge is 0.0220 e. The van der Waals surface area contributed by atoms with Crippen molar-refractivity contribution in [2.24, 2.45) is 35.5 Å². The third kappa shape index (κ3) is 13.5. The normalized spacial score (nSPS) is 19.5. The highest BCUT2D eigenvalue weighted by molar-refractivity contribution is 5.90. The van der Waals surface area contributed by atoms with Crippen molar-refractivity contribution in [1.82, 2.24) is 0 Å². The maximum atomic E-state index is 2.69. The second kappa shape index (κ2) is 29.3. The van der Waals surface area contributed by atoms with E-state index in [4.69, 9.17) is 0 Å². The van der Waals surface area contributed by atoms with Crippen molar-refractivity contribution in [3.8, 4) is 55.6 Å². The summed E-state index contributed by atoms with van der Waals surface area (Å²) in [7, 11) is 0. The van der Waals surface area contributed by atoms with Gasteiger partial charge >= 0.3 is 0 Å². The van der Waals surface area contributed by atoms with Crippen molar-refractivity contribution >= 4 is 42.5 Å². The molecule has 0 heteroatoms. The molecule has 0 saturated carbocycles. The van der Waals surface area contributed by atoms with Crippen molar-refractivity contribution < 1.29 is 0 Å². The molecule has 0 N–H and O–H groups in total. The van der Waals surface area contributed by atoms with Gasteiger partial charge in [0.25, 0.3) is 0 Å². The molecule has 0 heterocycles. The minimum absolute atomic E-state index is 0.000519. The van der Waals surface area contributed by atoms with Gasteiger partial charge in [0.2, 0.25) is 0 Å². The summed E-state index contributed by atoms with van der Waals surface area (Å²) in [5.74, 6) is 3.52. The fraction of sp³-hybridized carbons (Fsp3) is 0.354. The Kier molecular flexibility index (Phi) is 20.8. The molecule has 6 unspecified atom stereocenters. The molecule has 9 aromatic carbocycles. The fourth-order valence-electron chi connectivity index (χ4n) is 17.2. The third-order valence-electron chi connectivity index (χ3n) is 23.6. The minimum Gasteiger partial charge on any atom is -0.0871 e. The molecular weight excluding hydrogens is 1150 g/mol. The largest absolute Gasteiger partial charge is 0.0871 e. The molecule has 0 fully saturated rings. The van der Waals surface area contributed by atoms with Gasteiger partial charge in [0.05, 0.1) is 0 Å². The summed E-state index contributed by atoms with van der Waals surface area (Å²) in [4.78, 5) is 0. The zero-order valence-electron chi connectivity index (χ0n) is 60.5. The van der Waals surface area contributed by atoms with Crippen molar-refractivity contribution in [2.75, 3.05) is 0 Å². The lowest BCUT2D eigenvalue weighted by atomic mass is 9.65. The first kappa shape index (κ1) is 67.9. The minimum atomic E-state index is -0.120. The van der Waals surface area contributed by atoms with E-state index in [1.165, 1.54) is 144 Å². The average molecular weight is 1260 g/mol. The Bertz CT molecular complexity index is 4260. The SMILES string of the molecule is C/C=C/c1ccc(/C=C/c2ccc(/C=C/c3ccc(/C=C/c4ccc5c(c4)C(CC(C)CC)(CC(C)CC)c4cc(-c6ccc7c(c6)C(CC(C)CC)(CC(C)CC)c6cc(-c8ccc9c(c8)C(CC(C)CC)(CC(C)CC)c8ccccc8-9)ccc6-7)ccc4-5)cc3)cc2)cc1. The van der Waals surface area contributed by atoms with Gasteiger partial charge in [-0.25, -0.2) is 0 Å². The topological polar surface area (TPSA) is 0 Å². The molecule has 3 aliphatic carbocycles. The molecule has 0 radical (unpaired) electrons. The maximum Gasteiger partial charge on any atom is 0.0220 e. The van der Waals surface area contributed by atoms with E-state index in [1.54, 1.807) is 22.3 Å². The Morgan fingerprint density at radius 2 is 0.458 bits per heavy atom. The van der Waals surface area contributed by atoms with E-state index >= 15 is 0 Å². The van der Waals surface area contributed by atoms with Gasteiger partial charge in [0.15, 0.2) is 0 Å². The molecule has 0 bridgehead atoms. The standard InChI is InChI=1S/C96H108/c1-14-23-71-26-28-72(29-27-71)30-31-73-32-34-74(35-33-73)36-37-75-38-40-76(41-39-75)42-43-77-44-49-83-85-51-46-79(56-91(85)95(89(83)54-77,61-67(10)17-4)62-68(11)18-5)81-48-53-87-86-52-47-80(57-92(86)96(93(87)58-81,63-69(12)19-6)64-70(13)20-7)78-45-50-84-82-24-21-22-25-88(82)94(90(84)55-78,59-65(8)15-2)60-66(9)16-3/h14,21-58,65-70H,15-20,59-64H2,1-13H3/b23-14+,31-30+,37-36+,43-42+. The summed E-state index contributed by atoms with van der Waals surface area (Å²) in [6.45, 7) is 31.5. The van der Waals surface area contributed by atoms with Crippen LogP contribution >= 0.6 is 0 Å². The first-order chi connectivity index (χ1) is 46.6. The first-order valence-electron chi connectivity index (χ1n) is 37.4. The molecule has 0 aliphatic heterocycles. The van der Waals surface area contributed by atoms with Gasteiger partial charge in [-0.2, -0.15) is 0 Å². The summed E-state index contributed by atoms with van der Waals surface area (Å²) in [6, 6.07) is 74.0. The van der Waals surface area contributed by atoms with E-state index in [1.807, 2.05) is 0 Å².